The Labute approximate surface area is 137 Å². The Bertz CT molecular complexity index is 756. The van der Waals surface area contributed by atoms with Crippen molar-refractivity contribution in [2.75, 3.05) is 5.75 Å². The molecule has 23 heavy (non-hydrogen) atoms. The summed E-state index contributed by atoms with van der Waals surface area (Å²) in [5, 5.41) is 8.55. The lowest BCUT2D eigenvalue weighted by Crippen LogP contribution is -2.42. The van der Waals surface area contributed by atoms with E-state index in [1.807, 2.05) is 25.1 Å². The lowest BCUT2D eigenvalue weighted by molar-refractivity contribution is 0.414. The van der Waals surface area contributed by atoms with Crippen molar-refractivity contribution in [2.24, 2.45) is 0 Å². The van der Waals surface area contributed by atoms with Gasteiger partial charge in [-0.25, -0.2) is 13.1 Å². The second-order valence-corrected chi connectivity index (χ2v) is 7.85. The molecule has 0 saturated heterocycles. The molecule has 1 N–H and O–H groups in total. The Balaban J connectivity index is 1.74. The molecule has 0 saturated carbocycles. The summed E-state index contributed by atoms with van der Waals surface area (Å²) in [6, 6.07) is 10.0. The molecule has 0 aliphatic carbocycles. The first-order valence-corrected chi connectivity index (χ1v) is 9.67. The van der Waals surface area contributed by atoms with Crippen molar-refractivity contribution >= 4 is 10.0 Å². The first-order valence-electron chi connectivity index (χ1n) is 8.02. The second-order valence-electron chi connectivity index (χ2n) is 5.98. The largest absolute Gasteiger partial charge is 0.313 e. The Morgan fingerprint density at radius 2 is 2.04 bits per heavy atom. The molecule has 0 bridgehead atoms. The minimum atomic E-state index is -3.19. The van der Waals surface area contributed by atoms with Gasteiger partial charge in [-0.2, -0.15) is 0 Å². The topological polar surface area (TPSA) is 76.9 Å². The smallest absolute Gasteiger partial charge is 0.211 e. The fraction of sp³-hybridized carbons (Fsp3) is 0.500. The van der Waals surface area contributed by atoms with Crippen LogP contribution in [0.3, 0.4) is 0 Å². The zero-order valence-corrected chi connectivity index (χ0v) is 14.1. The average molecular weight is 334 g/mol. The van der Waals surface area contributed by atoms with E-state index in [0.717, 1.165) is 24.5 Å². The molecule has 0 radical (unpaired) electrons. The van der Waals surface area contributed by atoms with Crippen LogP contribution in [0.25, 0.3) is 0 Å². The first-order chi connectivity index (χ1) is 11.1. The molecular formula is C16H22N4O2S. The number of benzene rings is 1. The third-order valence-electron chi connectivity index (χ3n) is 4.05. The summed E-state index contributed by atoms with van der Waals surface area (Å²) in [6.45, 7) is 2.48. The van der Waals surface area contributed by atoms with Gasteiger partial charge in [-0.05, 0) is 18.4 Å². The van der Waals surface area contributed by atoms with Gasteiger partial charge in [-0.3, -0.25) is 0 Å². The number of aromatic nitrogens is 3. The van der Waals surface area contributed by atoms with Gasteiger partial charge in [0.25, 0.3) is 0 Å². The van der Waals surface area contributed by atoms with E-state index in [1.165, 1.54) is 5.56 Å². The van der Waals surface area contributed by atoms with Crippen LogP contribution >= 0.6 is 0 Å². The SMILES string of the molecule is CCCS(=O)(=O)N[C@@H]1CCc2nnc(Cc3ccccc3)n2C1. The Kier molecular flexibility index (Phi) is 4.77. The summed E-state index contributed by atoms with van der Waals surface area (Å²) in [5.41, 5.74) is 1.18. The van der Waals surface area contributed by atoms with Crippen molar-refractivity contribution in [2.45, 2.75) is 45.2 Å². The van der Waals surface area contributed by atoms with Crippen molar-refractivity contribution in [1.29, 1.82) is 0 Å². The highest BCUT2D eigenvalue weighted by atomic mass is 32.2. The fourth-order valence-corrected chi connectivity index (χ4v) is 4.33. The number of fused-ring (bicyclic) bond motifs is 1. The van der Waals surface area contributed by atoms with Crippen molar-refractivity contribution in [3.8, 4) is 0 Å². The maximum Gasteiger partial charge on any atom is 0.211 e. The molecule has 6 nitrogen and oxygen atoms in total. The summed E-state index contributed by atoms with van der Waals surface area (Å²) < 4.78 is 28.8. The number of rotatable bonds is 6. The van der Waals surface area contributed by atoms with E-state index in [0.29, 0.717) is 19.4 Å². The molecule has 3 rings (SSSR count). The van der Waals surface area contributed by atoms with E-state index in [1.54, 1.807) is 0 Å². The zero-order valence-electron chi connectivity index (χ0n) is 13.3. The van der Waals surface area contributed by atoms with Crippen LogP contribution in [0.2, 0.25) is 0 Å². The monoisotopic (exact) mass is 334 g/mol. The molecule has 0 amide bonds. The highest BCUT2D eigenvalue weighted by molar-refractivity contribution is 7.89. The van der Waals surface area contributed by atoms with Crippen molar-refractivity contribution in [1.82, 2.24) is 19.5 Å². The number of sulfonamides is 1. The van der Waals surface area contributed by atoms with Crippen LogP contribution in [0.15, 0.2) is 30.3 Å². The Morgan fingerprint density at radius 1 is 1.26 bits per heavy atom. The second kappa shape index (κ2) is 6.80. The van der Waals surface area contributed by atoms with Gasteiger partial charge in [0.15, 0.2) is 0 Å². The summed E-state index contributed by atoms with van der Waals surface area (Å²) in [7, 11) is -3.19. The molecule has 124 valence electrons. The standard InChI is InChI=1S/C16H22N4O2S/c1-2-10-23(21,22)19-14-8-9-15-17-18-16(20(15)12-14)11-13-6-4-3-5-7-13/h3-7,14,19H,2,8-12H2,1H3/t14-/m1/s1. The molecule has 1 aliphatic rings. The number of hydrogen-bond acceptors (Lipinski definition) is 4. The number of nitrogens with one attached hydrogen (secondary N) is 1. The van der Waals surface area contributed by atoms with Gasteiger partial charge in [-0.15, -0.1) is 10.2 Å². The van der Waals surface area contributed by atoms with Gasteiger partial charge in [0.1, 0.15) is 11.6 Å². The maximum atomic E-state index is 12.0. The van der Waals surface area contributed by atoms with E-state index in [4.69, 9.17) is 0 Å². The van der Waals surface area contributed by atoms with Gasteiger partial charge in [0.05, 0.1) is 5.75 Å². The minimum Gasteiger partial charge on any atom is -0.313 e. The van der Waals surface area contributed by atoms with Crippen molar-refractivity contribution in [3.63, 3.8) is 0 Å². The molecular weight excluding hydrogens is 312 g/mol. The normalized spacial score (nSPS) is 17.9. The van der Waals surface area contributed by atoms with Crippen LogP contribution in [0.5, 0.6) is 0 Å². The molecule has 0 fully saturated rings. The molecule has 7 heteroatoms. The van der Waals surface area contributed by atoms with Gasteiger partial charge in [0.2, 0.25) is 10.0 Å². The fourth-order valence-electron chi connectivity index (χ4n) is 2.97. The number of nitrogens with zero attached hydrogens (tertiary/aromatic N) is 3. The van der Waals surface area contributed by atoms with E-state index in [-0.39, 0.29) is 11.8 Å². The van der Waals surface area contributed by atoms with Crippen LogP contribution in [-0.4, -0.2) is 35.0 Å². The van der Waals surface area contributed by atoms with Gasteiger partial charge < -0.3 is 4.57 Å². The van der Waals surface area contributed by atoms with Crippen LogP contribution in [0.4, 0.5) is 0 Å². The predicted molar refractivity (Wildman–Crippen MR) is 88.6 cm³/mol. The molecule has 1 aromatic carbocycles. The molecule has 1 aromatic heterocycles. The summed E-state index contributed by atoms with van der Waals surface area (Å²) >= 11 is 0. The van der Waals surface area contributed by atoms with Crippen molar-refractivity contribution < 1.29 is 8.42 Å². The van der Waals surface area contributed by atoms with Gasteiger partial charge >= 0.3 is 0 Å². The Morgan fingerprint density at radius 3 is 2.78 bits per heavy atom. The quantitative estimate of drug-likeness (QED) is 0.869. The van der Waals surface area contributed by atoms with Crippen LogP contribution < -0.4 is 4.72 Å². The Hall–Kier alpha value is -1.73. The van der Waals surface area contributed by atoms with E-state index in [9.17, 15) is 8.42 Å². The average Bonchev–Trinajstić information content (AvgIpc) is 2.90. The third kappa shape index (κ3) is 3.97. The number of aryl methyl sites for hydroxylation is 1. The molecule has 2 heterocycles. The molecule has 1 aliphatic heterocycles. The van der Waals surface area contributed by atoms with Crippen LogP contribution in [0, 0.1) is 0 Å². The molecule has 0 spiro atoms. The number of hydrogen-bond donors (Lipinski definition) is 1. The summed E-state index contributed by atoms with van der Waals surface area (Å²) in [4.78, 5) is 0. The highest BCUT2D eigenvalue weighted by Gasteiger charge is 2.25. The lowest BCUT2D eigenvalue weighted by atomic mass is 10.1. The van der Waals surface area contributed by atoms with Crippen LogP contribution in [-0.2, 0) is 29.4 Å². The van der Waals surface area contributed by atoms with Crippen molar-refractivity contribution in [3.05, 3.63) is 47.5 Å². The zero-order chi connectivity index (χ0) is 16.3. The van der Waals surface area contributed by atoms with E-state index in [2.05, 4.69) is 31.6 Å². The first kappa shape index (κ1) is 16.1. The minimum absolute atomic E-state index is 0.0791. The molecule has 1 atom stereocenters. The molecule has 2 aromatic rings. The predicted octanol–water partition coefficient (Wildman–Crippen LogP) is 1.51. The molecule has 0 unspecified atom stereocenters. The highest BCUT2D eigenvalue weighted by Crippen LogP contribution is 2.18. The van der Waals surface area contributed by atoms with Gasteiger partial charge in [-0.1, -0.05) is 37.3 Å². The third-order valence-corrected chi connectivity index (χ3v) is 5.69. The lowest BCUT2D eigenvalue weighted by Gasteiger charge is -2.25. The van der Waals surface area contributed by atoms with E-state index >= 15 is 0 Å². The maximum absolute atomic E-state index is 12.0. The summed E-state index contributed by atoms with van der Waals surface area (Å²) in [5.74, 6) is 2.02. The van der Waals surface area contributed by atoms with E-state index < -0.39 is 10.0 Å². The summed E-state index contributed by atoms with van der Waals surface area (Å²) in [6.07, 6.45) is 2.86. The van der Waals surface area contributed by atoms with Crippen LogP contribution in [0.1, 0.15) is 37.0 Å². The van der Waals surface area contributed by atoms with Gasteiger partial charge in [0, 0.05) is 25.4 Å².